The number of aryl methyl sites for hydroxylation is 1. The molecule has 0 radical (unpaired) electrons. The van der Waals surface area contributed by atoms with Crippen LogP contribution in [0.3, 0.4) is 0 Å². The number of carbonyl (C=O) groups is 1. The number of rotatable bonds is 5. The van der Waals surface area contributed by atoms with Gasteiger partial charge < -0.3 is 29.7 Å². The van der Waals surface area contributed by atoms with Gasteiger partial charge in [-0.1, -0.05) is 6.07 Å². The van der Waals surface area contributed by atoms with Gasteiger partial charge in [0.05, 0.1) is 0 Å². The second kappa shape index (κ2) is 10.2. The molecule has 0 spiro atoms. The fourth-order valence-corrected chi connectivity index (χ4v) is 3.94. The van der Waals surface area contributed by atoms with Crippen LogP contribution in [0.5, 0.6) is 5.75 Å². The lowest BCUT2D eigenvalue weighted by Crippen LogP contribution is -2.50. The van der Waals surface area contributed by atoms with Crippen molar-refractivity contribution in [3.8, 4) is 5.75 Å². The maximum Gasteiger partial charge on any atom is 0.387 e. The molecule has 0 aliphatic carbocycles. The van der Waals surface area contributed by atoms with E-state index in [0.717, 1.165) is 37.7 Å². The molecule has 2 aliphatic heterocycles. The summed E-state index contributed by atoms with van der Waals surface area (Å²) >= 11 is 0. The van der Waals surface area contributed by atoms with Gasteiger partial charge >= 0.3 is 12.6 Å². The number of piperazine rings is 2. The van der Waals surface area contributed by atoms with Crippen LogP contribution >= 0.6 is 0 Å². The van der Waals surface area contributed by atoms with Crippen LogP contribution in [-0.4, -0.2) is 91.8 Å². The molecule has 4 rings (SSSR count). The van der Waals surface area contributed by atoms with E-state index in [0.29, 0.717) is 37.8 Å². The molecule has 0 unspecified atom stereocenters. The molecule has 2 amide bonds. The van der Waals surface area contributed by atoms with E-state index in [1.807, 2.05) is 13.0 Å². The molecule has 1 N–H and O–H groups in total. The van der Waals surface area contributed by atoms with Crippen molar-refractivity contribution < 1.29 is 18.3 Å². The van der Waals surface area contributed by atoms with E-state index in [-0.39, 0.29) is 11.8 Å². The number of nitrogens with one attached hydrogen (secondary N) is 1. The molecular formula is C22H29F2N7O2. The zero-order valence-corrected chi connectivity index (χ0v) is 18.9. The molecule has 0 saturated carbocycles. The number of aromatic nitrogens is 2. The average molecular weight is 462 g/mol. The largest absolute Gasteiger partial charge is 0.435 e. The Bertz CT molecular complexity index is 962. The van der Waals surface area contributed by atoms with Gasteiger partial charge in [0, 0.05) is 75.9 Å². The first-order valence-corrected chi connectivity index (χ1v) is 11.0. The highest BCUT2D eigenvalue weighted by atomic mass is 19.3. The van der Waals surface area contributed by atoms with Gasteiger partial charge in [0.2, 0.25) is 5.95 Å². The fraction of sp³-hybridized carbons (Fsp3) is 0.500. The molecule has 11 heteroatoms. The Labute approximate surface area is 191 Å². The summed E-state index contributed by atoms with van der Waals surface area (Å²) in [5.74, 6) is 1.62. The van der Waals surface area contributed by atoms with Crippen LogP contribution in [0, 0.1) is 6.92 Å². The number of urea groups is 1. The first-order valence-electron chi connectivity index (χ1n) is 11.0. The van der Waals surface area contributed by atoms with Crippen LogP contribution in [0.1, 0.15) is 5.69 Å². The maximum atomic E-state index is 12.7. The lowest BCUT2D eigenvalue weighted by Gasteiger charge is -2.36. The van der Waals surface area contributed by atoms with Crippen molar-refractivity contribution in [2.24, 2.45) is 0 Å². The molecule has 9 nitrogen and oxygen atoms in total. The van der Waals surface area contributed by atoms with Crippen LogP contribution in [0.4, 0.5) is 31.0 Å². The van der Waals surface area contributed by atoms with Crippen molar-refractivity contribution in [3.63, 3.8) is 0 Å². The lowest BCUT2D eigenvalue weighted by atomic mass is 10.3. The van der Waals surface area contributed by atoms with Crippen LogP contribution < -0.4 is 19.9 Å². The number of ether oxygens (including phenoxy) is 1. The number of nitrogens with zero attached hydrogens (tertiary/aromatic N) is 6. The minimum atomic E-state index is -2.91. The van der Waals surface area contributed by atoms with E-state index in [9.17, 15) is 13.6 Å². The summed E-state index contributed by atoms with van der Waals surface area (Å²) in [5, 5.41) is 2.75. The highest BCUT2D eigenvalue weighted by Crippen LogP contribution is 2.22. The summed E-state index contributed by atoms with van der Waals surface area (Å²) in [6, 6.07) is 7.71. The van der Waals surface area contributed by atoms with Crippen molar-refractivity contribution in [2.45, 2.75) is 13.5 Å². The minimum Gasteiger partial charge on any atom is -0.435 e. The second-order valence-corrected chi connectivity index (χ2v) is 8.27. The molecule has 2 fully saturated rings. The molecule has 178 valence electrons. The second-order valence-electron chi connectivity index (χ2n) is 8.27. The molecule has 0 bridgehead atoms. The number of likely N-dealkylation sites (N-methyl/N-ethyl adjacent to an activating group) is 1. The van der Waals surface area contributed by atoms with Crippen LogP contribution in [-0.2, 0) is 0 Å². The van der Waals surface area contributed by atoms with Crippen LogP contribution in [0.2, 0.25) is 0 Å². The standard InChI is InChI=1S/C22H29F2N7O2/c1-16-14-19(29-8-6-28(2)7-9-29)27-21(25-16)30-10-12-31(13-11-30)22(32)26-17-4-3-5-18(15-17)33-20(23)24/h3-5,14-15,20H,6-13H2,1-2H3,(H,26,32). The number of carbonyl (C=O) groups excluding carboxylic acids is 1. The highest BCUT2D eigenvalue weighted by molar-refractivity contribution is 5.89. The third kappa shape index (κ3) is 5.98. The normalized spacial score (nSPS) is 17.4. The molecule has 0 atom stereocenters. The van der Waals surface area contributed by atoms with Gasteiger partial charge in [-0.2, -0.15) is 13.8 Å². The smallest absolute Gasteiger partial charge is 0.387 e. The Morgan fingerprint density at radius 2 is 1.70 bits per heavy atom. The molecule has 3 heterocycles. The minimum absolute atomic E-state index is 0.000343. The number of hydrogen-bond donors (Lipinski definition) is 1. The number of alkyl halides is 2. The Morgan fingerprint density at radius 1 is 1.00 bits per heavy atom. The summed E-state index contributed by atoms with van der Waals surface area (Å²) in [5.41, 5.74) is 1.32. The first kappa shape index (κ1) is 23.0. The summed E-state index contributed by atoms with van der Waals surface area (Å²) in [7, 11) is 2.12. The van der Waals surface area contributed by atoms with Gasteiger partial charge in [0.15, 0.2) is 0 Å². The van der Waals surface area contributed by atoms with Crippen LogP contribution in [0.15, 0.2) is 30.3 Å². The summed E-state index contributed by atoms with van der Waals surface area (Å²) in [4.78, 5) is 30.4. The highest BCUT2D eigenvalue weighted by Gasteiger charge is 2.24. The fourth-order valence-electron chi connectivity index (χ4n) is 3.94. The van der Waals surface area contributed by atoms with Crippen molar-refractivity contribution in [3.05, 3.63) is 36.0 Å². The van der Waals surface area contributed by atoms with E-state index in [1.54, 1.807) is 17.0 Å². The van der Waals surface area contributed by atoms with E-state index >= 15 is 0 Å². The van der Waals surface area contributed by atoms with Gasteiger partial charge in [-0.25, -0.2) is 9.78 Å². The molecule has 33 heavy (non-hydrogen) atoms. The Balaban J connectivity index is 1.34. The van der Waals surface area contributed by atoms with Gasteiger partial charge in [0.25, 0.3) is 0 Å². The number of anilines is 3. The number of halogens is 2. The lowest BCUT2D eigenvalue weighted by molar-refractivity contribution is -0.0498. The average Bonchev–Trinajstić information content (AvgIpc) is 2.79. The third-order valence-corrected chi connectivity index (χ3v) is 5.82. The van der Waals surface area contributed by atoms with Gasteiger partial charge in [-0.15, -0.1) is 0 Å². The molecule has 2 saturated heterocycles. The van der Waals surface area contributed by atoms with Gasteiger partial charge in [0.1, 0.15) is 11.6 Å². The van der Waals surface area contributed by atoms with E-state index in [2.05, 4.69) is 36.8 Å². The van der Waals surface area contributed by atoms with Crippen molar-refractivity contribution >= 4 is 23.5 Å². The van der Waals surface area contributed by atoms with Gasteiger partial charge in [-0.3, -0.25) is 0 Å². The molecule has 1 aromatic heterocycles. The van der Waals surface area contributed by atoms with E-state index in [4.69, 9.17) is 4.98 Å². The first-order chi connectivity index (χ1) is 15.9. The summed E-state index contributed by atoms with van der Waals surface area (Å²) in [6.07, 6.45) is 0. The zero-order valence-electron chi connectivity index (χ0n) is 18.9. The SMILES string of the molecule is Cc1cc(N2CCN(C)CC2)nc(N2CCN(C(=O)Nc3cccc(OC(F)F)c3)CC2)n1. The maximum absolute atomic E-state index is 12.7. The summed E-state index contributed by atoms with van der Waals surface area (Å²) < 4.78 is 29.2. The quantitative estimate of drug-likeness (QED) is 0.733. The number of benzene rings is 1. The molecule has 1 aromatic carbocycles. The topological polar surface area (TPSA) is 77.1 Å². The predicted octanol–water partition coefficient (Wildman–Crippen LogP) is 2.49. The Hall–Kier alpha value is -3.21. The van der Waals surface area contributed by atoms with Crippen molar-refractivity contribution in [1.29, 1.82) is 0 Å². The number of amides is 2. The zero-order chi connectivity index (χ0) is 23.4. The van der Waals surface area contributed by atoms with Crippen molar-refractivity contribution in [2.75, 3.05) is 74.5 Å². The Morgan fingerprint density at radius 3 is 2.39 bits per heavy atom. The van der Waals surface area contributed by atoms with E-state index < -0.39 is 6.61 Å². The van der Waals surface area contributed by atoms with Crippen molar-refractivity contribution in [1.82, 2.24) is 19.8 Å². The predicted molar refractivity (Wildman–Crippen MR) is 122 cm³/mol. The van der Waals surface area contributed by atoms with Crippen LogP contribution in [0.25, 0.3) is 0 Å². The number of hydrogen-bond acceptors (Lipinski definition) is 7. The third-order valence-electron chi connectivity index (χ3n) is 5.82. The monoisotopic (exact) mass is 461 g/mol. The molecular weight excluding hydrogens is 432 g/mol. The van der Waals surface area contributed by atoms with E-state index in [1.165, 1.54) is 12.1 Å². The molecule has 2 aromatic rings. The molecule has 2 aliphatic rings. The summed E-state index contributed by atoms with van der Waals surface area (Å²) in [6.45, 7) is 5.15. The van der Waals surface area contributed by atoms with Gasteiger partial charge in [-0.05, 0) is 26.1 Å². The Kier molecular flexibility index (Phi) is 7.07.